The number of aromatic nitrogens is 4. The van der Waals surface area contributed by atoms with Crippen molar-refractivity contribution in [2.24, 2.45) is 0 Å². The van der Waals surface area contributed by atoms with Gasteiger partial charge < -0.3 is 4.90 Å². The molecule has 0 unspecified atom stereocenters. The molecule has 3 aromatic rings. The van der Waals surface area contributed by atoms with Crippen molar-refractivity contribution in [1.82, 2.24) is 24.7 Å². The quantitative estimate of drug-likeness (QED) is 0.698. The van der Waals surface area contributed by atoms with Crippen molar-refractivity contribution in [2.75, 3.05) is 37.6 Å². The van der Waals surface area contributed by atoms with Gasteiger partial charge in [0, 0.05) is 38.6 Å². The van der Waals surface area contributed by atoms with E-state index in [1.54, 1.807) is 0 Å². The Morgan fingerprint density at radius 3 is 2.44 bits per heavy atom. The van der Waals surface area contributed by atoms with Gasteiger partial charge in [-0.1, -0.05) is 29.8 Å². The van der Waals surface area contributed by atoms with Crippen molar-refractivity contribution < 1.29 is 0 Å². The molecule has 0 spiro atoms. The molecule has 1 aliphatic heterocycles. The van der Waals surface area contributed by atoms with Crippen LogP contribution >= 0.6 is 0 Å². The molecule has 0 radical (unpaired) electrons. The lowest BCUT2D eigenvalue weighted by atomic mass is 10.1. The van der Waals surface area contributed by atoms with E-state index in [0.29, 0.717) is 5.92 Å². The normalized spacial score (nSPS) is 18.3. The molecular weight excluding hydrogens is 336 g/mol. The molecule has 2 aliphatic rings. The number of fused-ring (bicyclic) bond motifs is 1. The van der Waals surface area contributed by atoms with Crippen LogP contribution in [0.25, 0.3) is 5.65 Å². The molecule has 0 amide bonds. The zero-order chi connectivity index (χ0) is 18.2. The van der Waals surface area contributed by atoms with Gasteiger partial charge in [-0.25, -0.2) is 0 Å². The minimum atomic E-state index is 0.557. The molecule has 6 heteroatoms. The third-order valence-corrected chi connectivity index (χ3v) is 5.75. The Hall–Kier alpha value is -2.47. The van der Waals surface area contributed by atoms with E-state index in [9.17, 15) is 0 Å². The Bertz CT molecular complexity index is 919. The van der Waals surface area contributed by atoms with E-state index in [4.69, 9.17) is 5.10 Å². The summed E-state index contributed by atoms with van der Waals surface area (Å²) >= 11 is 0. The van der Waals surface area contributed by atoms with Crippen molar-refractivity contribution in [1.29, 1.82) is 0 Å². The van der Waals surface area contributed by atoms with Crippen LogP contribution in [0, 0.1) is 6.92 Å². The summed E-state index contributed by atoms with van der Waals surface area (Å²) in [6.07, 6.45) is 3.55. The zero-order valence-electron chi connectivity index (χ0n) is 15.9. The van der Waals surface area contributed by atoms with Gasteiger partial charge in [0.15, 0.2) is 11.5 Å². The van der Waals surface area contributed by atoms with Crippen LogP contribution < -0.4 is 4.90 Å². The predicted molar refractivity (Wildman–Crippen MR) is 106 cm³/mol. The van der Waals surface area contributed by atoms with E-state index in [-0.39, 0.29) is 0 Å². The molecule has 0 N–H and O–H groups in total. The lowest BCUT2D eigenvalue weighted by Crippen LogP contribution is -2.47. The first-order valence-electron chi connectivity index (χ1n) is 10.0. The number of benzene rings is 1. The second-order valence-electron chi connectivity index (χ2n) is 7.86. The SMILES string of the molecule is Cc1ccc(CCN2CCN(c3ccc4nnc(C5CC5)n4n3)CC2)cc1. The molecule has 2 fully saturated rings. The van der Waals surface area contributed by atoms with Gasteiger partial charge in [0.05, 0.1) is 0 Å². The maximum Gasteiger partial charge on any atom is 0.178 e. The zero-order valence-corrected chi connectivity index (χ0v) is 15.9. The van der Waals surface area contributed by atoms with Crippen LogP contribution in [0.3, 0.4) is 0 Å². The molecule has 1 aromatic carbocycles. The summed E-state index contributed by atoms with van der Waals surface area (Å²) in [5.74, 6) is 2.63. The van der Waals surface area contributed by atoms with E-state index in [0.717, 1.165) is 56.4 Å². The van der Waals surface area contributed by atoms with Gasteiger partial charge in [-0.3, -0.25) is 4.90 Å². The van der Waals surface area contributed by atoms with Crippen LogP contribution in [0.15, 0.2) is 36.4 Å². The Balaban J connectivity index is 1.20. The fourth-order valence-electron chi connectivity index (χ4n) is 3.80. The largest absolute Gasteiger partial charge is 0.353 e. The summed E-state index contributed by atoms with van der Waals surface area (Å²) in [7, 11) is 0. The average Bonchev–Trinajstić information content (AvgIpc) is 3.47. The molecule has 2 aromatic heterocycles. The maximum absolute atomic E-state index is 4.85. The van der Waals surface area contributed by atoms with Gasteiger partial charge >= 0.3 is 0 Å². The number of nitrogens with zero attached hydrogens (tertiary/aromatic N) is 6. The highest BCUT2D eigenvalue weighted by molar-refractivity contribution is 5.46. The number of rotatable bonds is 5. The topological polar surface area (TPSA) is 49.6 Å². The first-order chi connectivity index (χ1) is 13.3. The van der Waals surface area contributed by atoms with E-state index in [1.165, 1.54) is 24.0 Å². The van der Waals surface area contributed by atoms with E-state index in [2.05, 4.69) is 57.3 Å². The summed E-state index contributed by atoms with van der Waals surface area (Å²) in [6, 6.07) is 13.0. The van der Waals surface area contributed by atoms with Crippen molar-refractivity contribution in [3.63, 3.8) is 0 Å². The fraction of sp³-hybridized carbons (Fsp3) is 0.476. The lowest BCUT2D eigenvalue weighted by Gasteiger charge is -2.35. The van der Waals surface area contributed by atoms with Crippen LogP contribution in [0.5, 0.6) is 0 Å². The summed E-state index contributed by atoms with van der Waals surface area (Å²) < 4.78 is 1.96. The highest BCUT2D eigenvalue weighted by Crippen LogP contribution is 2.38. The van der Waals surface area contributed by atoms with Crippen LogP contribution in [0.2, 0.25) is 0 Å². The number of hydrogen-bond acceptors (Lipinski definition) is 5. The number of aryl methyl sites for hydroxylation is 1. The Kier molecular flexibility index (Phi) is 4.28. The average molecular weight is 362 g/mol. The highest BCUT2D eigenvalue weighted by Gasteiger charge is 2.29. The minimum Gasteiger partial charge on any atom is -0.353 e. The fourth-order valence-corrected chi connectivity index (χ4v) is 3.80. The van der Waals surface area contributed by atoms with Gasteiger partial charge in [0.2, 0.25) is 0 Å². The number of hydrogen-bond donors (Lipinski definition) is 0. The second-order valence-corrected chi connectivity index (χ2v) is 7.86. The molecule has 5 rings (SSSR count). The van der Waals surface area contributed by atoms with E-state index in [1.807, 2.05) is 10.6 Å². The van der Waals surface area contributed by atoms with Crippen molar-refractivity contribution >= 4 is 11.5 Å². The predicted octanol–water partition coefficient (Wildman–Crippen LogP) is 2.67. The molecular formula is C21H26N6. The Labute approximate surface area is 159 Å². The van der Waals surface area contributed by atoms with Gasteiger partial charge in [-0.15, -0.1) is 15.3 Å². The van der Waals surface area contributed by atoms with Gasteiger partial charge in [-0.2, -0.15) is 4.52 Å². The van der Waals surface area contributed by atoms with Crippen LogP contribution in [0.4, 0.5) is 5.82 Å². The van der Waals surface area contributed by atoms with E-state index >= 15 is 0 Å². The first kappa shape index (κ1) is 16.7. The van der Waals surface area contributed by atoms with Gasteiger partial charge in [0.25, 0.3) is 0 Å². The first-order valence-corrected chi connectivity index (χ1v) is 10.0. The molecule has 6 nitrogen and oxygen atoms in total. The molecule has 0 bridgehead atoms. The molecule has 1 saturated carbocycles. The number of piperazine rings is 1. The smallest absolute Gasteiger partial charge is 0.178 e. The third kappa shape index (κ3) is 3.54. The minimum absolute atomic E-state index is 0.557. The van der Waals surface area contributed by atoms with Gasteiger partial charge in [0.1, 0.15) is 5.82 Å². The summed E-state index contributed by atoms with van der Waals surface area (Å²) in [4.78, 5) is 4.95. The highest BCUT2D eigenvalue weighted by atomic mass is 15.4. The van der Waals surface area contributed by atoms with Gasteiger partial charge in [-0.05, 0) is 43.9 Å². The maximum atomic E-state index is 4.85. The standard InChI is InChI=1S/C21H26N6/c1-16-2-4-17(5-3-16)10-11-25-12-14-26(15-13-25)20-9-8-19-22-23-21(18-6-7-18)27(19)24-20/h2-5,8-9,18H,6-7,10-15H2,1H3. The van der Waals surface area contributed by atoms with Crippen LogP contribution in [-0.2, 0) is 6.42 Å². The third-order valence-electron chi connectivity index (χ3n) is 5.75. The van der Waals surface area contributed by atoms with Crippen molar-refractivity contribution in [3.8, 4) is 0 Å². The van der Waals surface area contributed by atoms with Crippen molar-refractivity contribution in [2.45, 2.75) is 32.1 Å². The molecule has 3 heterocycles. The van der Waals surface area contributed by atoms with Crippen molar-refractivity contribution in [3.05, 3.63) is 53.3 Å². The molecule has 0 atom stereocenters. The van der Waals surface area contributed by atoms with Crippen LogP contribution in [-0.4, -0.2) is 57.4 Å². The summed E-state index contributed by atoms with van der Waals surface area (Å²) in [6.45, 7) is 7.48. The molecule has 140 valence electrons. The Morgan fingerprint density at radius 1 is 0.926 bits per heavy atom. The van der Waals surface area contributed by atoms with E-state index < -0.39 is 0 Å². The molecule has 27 heavy (non-hydrogen) atoms. The summed E-state index contributed by atoms with van der Waals surface area (Å²) in [5.41, 5.74) is 3.61. The lowest BCUT2D eigenvalue weighted by molar-refractivity contribution is 0.260. The summed E-state index contributed by atoms with van der Waals surface area (Å²) in [5, 5.41) is 13.4. The van der Waals surface area contributed by atoms with Crippen LogP contribution in [0.1, 0.15) is 35.7 Å². The second kappa shape index (κ2) is 6.93. The molecule has 1 aliphatic carbocycles. The number of anilines is 1. The Morgan fingerprint density at radius 2 is 1.70 bits per heavy atom. The molecule has 1 saturated heterocycles. The monoisotopic (exact) mass is 362 g/mol.